The summed E-state index contributed by atoms with van der Waals surface area (Å²) in [6.07, 6.45) is 3.54. The fourth-order valence-electron chi connectivity index (χ4n) is 2.90. The van der Waals surface area contributed by atoms with Crippen molar-refractivity contribution in [2.45, 2.75) is 39.7 Å². The van der Waals surface area contributed by atoms with Crippen molar-refractivity contribution in [1.29, 1.82) is 0 Å². The van der Waals surface area contributed by atoms with Gasteiger partial charge in [-0.05, 0) is 62.1 Å². The second kappa shape index (κ2) is 8.65. The molecule has 3 rings (SSSR count). The summed E-state index contributed by atoms with van der Waals surface area (Å²) >= 11 is 0. The van der Waals surface area contributed by atoms with Crippen LogP contribution in [0.25, 0.3) is 5.69 Å². The monoisotopic (exact) mass is 376 g/mol. The van der Waals surface area contributed by atoms with Gasteiger partial charge in [0.25, 0.3) is 0 Å². The van der Waals surface area contributed by atoms with Gasteiger partial charge >= 0.3 is 5.97 Å². The first kappa shape index (κ1) is 19.5. The molecule has 0 fully saturated rings. The van der Waals surface area contributed by atoms with Crippen molar-refractivity contribution >= 4 is 11.8 Å². The van der Waals surface area contributed by atoms with Crippen molar-refractivity contribution in [2.75, 3.05) is 0 Å². The van der Waals surface area contributed by atoms with Gasteiger partial charge < -0.3 is 4.74 Å². The first-order valence-electron chi connectivity index (χ1n) is 9.34. The van der Waals surface area contributed by atoms with Crippen LogP contribution < -0.4 is 0 Å². The minimum Gasteiger partial charge on any atom is -0.454 e. The van der Waals surface area contributed by atoms with Crippen LogP contribution in [0.5, 0.6) is 0 Å². The zero-order valence-electron chi connectivity index (χ0n) is 16.4. The molecule has 0 N–H and O–H groups in total. The lowest BCUT2D eigenvalue weighted by Gasteiger charge is -2.13. The normalized spacial score (nSPS) is 11.8. The highest BCUT2D eigenvalue weighted by Crippen LogP contribution is 2.14. The first-order valence-corrected chi connectivity index (χ1v) is 9.34. The molecule has 1 aromatic heterocycles. The number of para-hydroxylation sites is 1. The van der Waals surface area contributed by atoms with Gasteiger partial charge in [-0.25, -0.2) is 4.68 Å². The van der Waals surface area contributed by atoms with E-state index in [0.717, 1.165) is 22.4 Å². The van der Waals surface area contributed by atoms with E-state index >= 15 is 0 Å². The molecule has 0 radical (unpaired) electrons. The number of ether oxygens (including phenoxy) is 1. The lowest BCUT2D eigenvalue weighted by atomic mass is 10.0. The molecule has 0 saturated heterocycles. The van der Waals surface area contributed by atoms with E-state index in [1.807, 2.05) is 62.5 Å². The van der Waals surface area contributed by atoms with Crippen LogP contribution in [0.15, 0.2) is 60.9 Å². The van der Waals surface area contributed by atoms with Crippen LogP contribution in [0.4, 0.5) is 0 Å². The number of rotatable bonds is 7. The van der Waals surface area contributed by atoms with Crippen LogP contribution in [0.1, 0.15) is 40.4 Å². The Morgan fingerprint density at radius 2 is 1.82 bits per heavy atom. The smallest absolute Gasteiger partial charge is 0.306 e. The van der Waals surface area contributed by atoms with E-state index < -0.39 is 12.1 Å². The molecule has 28 heavy (non-hydrogen) atoms. The third-order valence-corrected chi connectivity index (χ3v) is 4.74. The van der Waals surface area contributed by atoms with Crippen LogP contribution in [0.3, 0.4) is 0 Å². The van der Waals surface area contributed by atoms with Crippen LogP contribution >= 0.6 is 0 Å². The third-order valence-electron chi connectivity index (χ3n) is 4.74. The highest BCUT2D eigenvalue weighted by molar-refractivity contribution is 6.00. The molecule has 0 aliphatic heterocycles. The molecule has 5 heteroatoms. The Hall–Kier alpha value is -3.21. The third kappa shape index (κ3) is 4.74. The molecule has 0 aliphatic rings. The van der Waals surface area contributed by atoms with Gasteiger partial charge in [0.05, 0.1) is 11.9 Å². The van der Waals surface area contributed by atoms with E-state index in [9.17, 15) is 9.59 Å². The Bertz CT molecular complexity index is 977. The van der Waals surface area contributed by atoms with E-state index in [4.69, 9.17) is 4.74 Å². The van der Waals surface area contributed by atoms with Crippen molar-refractivity contribution in [1.82, 2.24) is 9.78 Å². The summed E-state index contributed by atoms with van der Waals surface area (Å²) in [6, 6.07) is 15.3. The predicted octanol–water partition coefficient (Wildman–Crippen LogP) is 4.24. The minimum absolute atomic E-state index is 0.187. The van der Waals surface area contributed by atoms with Crippen LogP contribution in [-0.4, -0.2) is 27.6 Å². The number of benzene rings is 2. The van der Waals surface area contributed by atoms with E-state index in [0.29, 0.717) is 12.0 Å². The number of nitrogens with zero attached hydrogens (tertiary/aromatic N) is 2. The molecular weight excluding hydrogens is 352 g/mol. The van der Waals surface area contributed by atoms with Crippen LogP contribution in [-0.2, 0) is 16.0 Å². The second-order valence-electron chi connectivity index (χ2n) is 6.92. The molecule has 3 aromatic rings. The number of Topliss-reactive ketones (excluding diaryl/α,β-unsaturated/α-hetero) is 1. The zero-order valence-corrected chi connectivity index (χ0v) is 16.4. The molecule has 0 spiro atoms. The van der Waals surface area contributed by atoms with Gasteiger partial charge in [0.15, 0.2) is 6.10 Å². The Kier molecular flexibility index (Phi) is 6.04. The molecule has 0 bridgehead atoms. The highest BCUT2D eigenvalue weighted by atomic mass is 16.5. The van der Waals surface area contributed by atoms with Crippen molar-refractivity contribution in [3.8, 4) is 5.69 Å². The van der Waals surface area contributed by atoms with E-state index in [1.54, 1.807) is 23.9 Å². The zero-order chi connectivity index (χ0) is 20.1. The summed E-state index contributed by atoms with van der Waals surface area (Å²) in [5.41, 5.74) is 4.63. The Labute approximate surface area is 165 Å². The second-order valence-corrected chi connectivity index (χ2v) is 6.92. The predicted molar refractivity (Wildman–Crippen MR) is 108 cm³/mol. The van der Waals surface area contributed by atoms with Gasteiger partial charge in [-0.15, -0.1) is 0 Å². The Morgan fingerprint density at radius 3 is 2.54 bits per heavy atom. The van der Waals surface area contributed by atoms with E-state index in [1.165, 1.54) is 0 Å². The molecule has 144 valence electrons. The first-order chi connectivity index (χ1) is 13.4. The van der Waals surface area contributed by atoms with Crippen molar-refractivity contribution in [3.63, 3.8) is 0 Å². The van der Waals surface area contributed by atoms with Gasteiger partial charge in [0.1, 0.15) is 0 Å². The number of carbonyl (C=O) groups is 2. The molecule has 0 aliphatic carbocycles. The van der Waals surface area contributed by atoms with Gasteiger partial charge in [-0.1, -0.05) is 30.3 Å². The molecule has 1 heterocycles. The molecule has 1 unspecified atom stereocenters. The average Bonchev–Trinajstić information content (AvgIpc) is 3.17. The number of carbonyl (C=O) groups excluding carboxylic acids is 2. The molecule has 0 saturated carbocycles. The lowest BCUT2D eigenvalue weighted by Crippen LogP contribution is -2.24. The fraction of sp³-hybridized carbons (Fsp3) is 0.261. The topological polar surface area (TPSA) is 61.2 Å². The molecule has 0 amide bonds. The maximum Gasteiger partial charge on any atom is 0.306 e. The standard InChI is InChI=1S/C23H24N2O3/c1-16-9-11-20(13-17(16)2)23(27)18(3)28-22(26)12-10-19-14-24-25(15-19)21-7-5-4-6-8-21/h4-9,11,13-15,18H,10,12H2,1-3H3. The molecule has 5 nitrogen and oxygen atoms in total. The lowest BCUT2D eigenvalue weighted by molar-refractivity contribution is -0.146. The Balaban J connectivity index is 1.53. The summed E-state index contributed by atoms with van der Waals surface area (Å²) in [5.74, 6) is -0.578. The van der Waals surface area contributed by atoms with Crippen molar-refractivity contribution in [3.05, 3.63) is 83.2 Å². The summed E-state index contributed by atoms with van der Waals surface area (Å²) < 4.78 is 7.10. The summed E-state index contributed by atoms with van der Waals surface area (Å²) in [7, 11) is 0. The number of aryl methyl sites for hydroxylation is 3. The quantitative estimate of drug-likeness (QED) is 0.457. The van der Waals surface area contributed by atoms with Gasteiger partial charge in [-0.2, -0.15) is 5.10 Å². The molecule has 2 aromatic carbocycles. The van der Waals surface area contributed by atoms with Crippen molar-refractivity contribution < 1.29 is 14.3 Å². The van der Waals surface area contributed by atoms with E-state index in [-0.39, 0.29) is 12.2 Å². The summed E-state index contributed by atoms with van der Waals surface area (Å²) in [5, 5.41) is 4.32. The Morgan fingerprint density at radius 1 is 1.07 bits per heavy atom. The SMILES string of the molecule is Cc1ccc(C(=O)C(C)OC(=O)CCc2cnn(-c3ccccc3)c2)cc1C. The van der Waals surface area contributed by atoms with Crippen molar-refractivity contribution in [2.24, 2.45) is 0 Å². The van der Waals surface area contributed by atoms with Crippen LogP contribution in [0, 0.1) is 13.8 Å². The minimum atomic E-state index is -0.804. The van der Waals surface area contributed by atoms with E-state index in [2.05, 4.69) is 5.10 Å². The fourth-order valence-corrected chi connectivity index (χ4v) is 2.90. The number of ketones is 1. The van der Waals surface area contributed by atoms with Gasteiger partial charge in [-0.3, -0.25) is 9.59 Å². The largest absolute Gasteiger partial charge is 0.454 e. The highest BCUT2D eigenvalue weighted by Gasteiger charge is 2.20. The maximum absolute atomic E-state index is 12.5. The maximum atomic E-state index is 12.5. The van der Waals surface area contributed by atoms with Crippen LogP contribution in [0.2, 0.25) is 0 Å². The number of aromatic nitrogens is 2. The molecule has 1 atom stereocenters. The number of hydrogen-bond donors (Lipinski definition) is 0. The summed E-state index contributed by atoms with van der Waals surface area (Å²) in [6.45, 7) is 5.56. The van der Waals surface area contributed by atoms with Gasteiger partial charge in [0, 0.05) is 18.2 Å². The number of hydrogen-bond acceptors (Lipinski definition) is 4. The van der Waals surface area contributed by atoms with Gasteiger partial charge in [0.2, 0.25) is 5.78 Å². The molecular formula is C23H24N2O3. The summed E-state index contributed by atoms with van der Waals surface area (Å²) in [4.78, 5) is 24.6. The average molecular weight is 376 g/mol. The number of esters is 1.